The maximum absolute atomic E-state index is 12.7. The molecule has 4 N–H and O–H groups in total. The van der Waals surface area contributed by atoms with Crippen LogP contribution in [0, 0.1) is 5.92 Å². The molecule has 3 atom stereocenters. The van der Waals surface area contributed by atoms with Crippen molar-refractivity contribution in [1.29, 1.82) is 0 Å². The van der Waals surface area contributed by atoms with Crippen LogP contribution in [0.15, 0.2) is 48.5 Å². The Hall–Kier alpha value is -2.86. The van der Waals surface area contributed by atoms with Gasteiger partial charge in [-0.2, -0.15) is 0 Å². The Labute approximate surface area is 170 Å². The predicted molar refractivity (Wildman–Crippen MR) is 112 cm³/mol. The minimum absolute atomic E-state index is 0.116. The van der Waals surface area contributed by atoms with Crippen molar-refractivity contribution in [2.75, 3.05) is 11.9 Å². The van der Waals surface area contributed by atoms with E-state index in [-0.39, 0.29) is 17.9 Å². The molecule has 6 heteroatoms. The van der Waals surface area contributed by atoms with E-state index in [1.807, 2.05) is 24.3 Å². The van der Waals surface area contributed by atoms with Gasteiger partial charge in [0.1, 0.15) is 5.75 Å². The van der Waals surface area contributed by atoms with Gasteiger partial charge in [0.2, 0.25) is 0 Å². The molecule has 4 rings (SSSR count). The molecule has 3 unspecified atom stereocenters. The van der Waals surface area contributed by atoms with Crippen LogP contribution in [0.25, 0.3) is 0 Å². The van der Waals surface area contributed by atoms with E-state index in [1.54, 1.807) is 24.3 Å². The average Bonchev–Trinajstić information content (AvgIpc) is 3.19. The quantitative estimate of drug-likeness (QED) is 0.728. The second kappa shape index (κ2) is 8.66. The lowest BCUT2D eigenvalue weighted by Gasteiger charge is -2.31. The van der Waals surface area contributed by atoms with E-state index in [0.29, 0.717) is 30.1 Å². The van der Waals surface area contributed by atoms with E-state index < -0.39 is 6.10 Å². The number of nitrogens with one attached hydrogen (secondary N) is 2. The summed E-state index contributed by atoms with van der Waals surface area (Å²) in [4.78, 5) is 25.3. The summed E-state index contributed by atoms with van der Waals surface area (Å²) in [6.45, 7) is 0.588. The van der Waals surface area contributed by atoms with Crippen molar-refractivity contribution >= 4 is 17.5 Å². The Kier molecular flexibility index (Phi) is 5.81. The molecule has 152 valence electrons. The van der Waals surface area contributed by atoms with Crippen LogP contribution in [0.1, 0.15) is 41.6 Å². The zero-order chi connectivity index (χ0) is 20.2. The summed E-state index contributed by atoms with van der Waals surface area (Å²) in [5.74, 6) is 0.740. The predicted octanol–water partition coefficient (Wildman–Crippen LogP) is 2.88. The van der Waals surface area contributed by atoms with E-state index in [1.165, 1.54) is 6.42 Å². The number of hydrogen-bond donors (Lipinski definition) is 3. The van der Waals surface area contributed by atoms with Crippen molar-refractivity contribution in [1.82, 2.24) is 5.32 Å². The van der Waals surface area contributed by atoms with Crippen molar-refractivity contribution in [3.05, 3.63) is 59.7 Å². The van der Waals surface area contributed by atoms with Crippen LogP contribution < -0.4 is 21.1 Å². The summed E-state index contributed by atoms with van der Waals surface area (Å²) in [7, 11) is 0. The fourth-order valence-corrected chi connectivity index (χ4v) is 4.22. The maximum Gasteiger partial charge on any atom is 0.265 e. The molecule has 6 nitrogen and oxygen atoms in total. The lowest BCUT2D eigenvalue weighted by Crippen LogP contribution is -2.44. The van der Waals surface area contributed by atoms with Gasteiger partial charge in [-0.3, -0.25) is 9.59 Å². The second-order valence-corrected chi connectivity index (χ2v) is 7.85. The lowest BCUT2D eigenvalue weighted by molar-refractivity contribution is -0.122. The molecule has 0 spiro atoms. The maximum atomic E-state index is 12.7. The van der Waals surface area contributed by atoms with Gasteiger partial charge in [-0.25, -0.2) is 0 Å². The number of fused-ring (bicyclic) bond motifs is 1. The van der Waals surface area contributed by atoms with Crippen LogP contribution in [-0.4, -0.2) is 30.5 Å². The molecule has 2 aromatic carbocycles. The molecule has 0 bridgehead atoms. The standard InChI is InChI=1S/C23H27N3O3/c24-14-17-7-1-3-10-19(17)26-22(27)16-8-5-9-18(12-16)25-23(28)21-13-15-6-2-4-11-20(15)29-21/h2,4-6,8-9,11-12,17,19,21H,1,3,7,10,13-14,24H2,(H,25,28)(H,26,27). The normalized spacial score (nSPS) is 23.0. The molecule has 0 saturated heterocycles. The zero-order valence-electron chi connectivity index (χ0n) is 16.4. The Morgan fingerprint density at radius 2 is 1.90 bits per heavy atom. The first-order chi connectivity index (χ1) is 14.1. The molecule has 2 aromatic rings. The van der Waals surface area contributed by atoms with Crippen LogP contribution in [-0.2, 0) is 11.2 Å². The molecule has 1 saturated carbocycles. The van der Waals surface area contributed by atoms with E-state index in [9.17, 15) is 9.59 Å². The number of amides is 2. The molecule has 0 radical (unpaired) electrons. The number of benzene rings is 2. The van der Waals surface area contributed by atoms with Crippen LogP contribution in [0.3, 0.4) is 0 Å². The zero-order valence-corrected chi connectivity index (χ0v) is 16.4. The van der Waals surface area contributed by atoms with Gasteiger partial charge < -0.3 is 21.1 Å². The Bertz CT molecular complexity index is 873. The number of para-hydroxylation sites is 1. The first-order valence-corrected chi connectivity index (χ1v) is 10.3. The minimum Gasteiger partial charge on any atom is -0.480 e. The van der Waals surface area contributed by atoms with Gasteiger partial charge in [-0.1, -0.05) is 37.1 Å². The van der Waals surface area contributed by atoms with Gasteiger partial charge in [-0.05, 0) is 55.1 Å². The van der Waals surface area contributed by atoms with Gasteiger partial charge >= 0.3 is 0 Å². The van der Waals surface area contributed by atoms with Gasteiger partial charge in [-0.15, -0.1) is 0 Å². The first kappa shape index (κ1) is 19.5. The topological polar surface area (TPSA) is 93.5 Å². The lowest BCUT2D eigenvalue weighted by atomic mass is 9.84. The van der Waals surface area contributed by atoms with Crippen LogP contribution in [0.2, 0.25) is 0 Å². The number of rotatable bonds is 5. The van der Waals surface area contributed by atoms with Crippen molar-refractivity contribution in [3.8, 4) is 5.75 Å². The summed E-state index contributed by atoms with van der Waals surface area (Å²) >= 11 is 0. The number of ether oxygens (including phenoxy) is 1. The first-order valence-electron chi connectivity index (χ1n) is 10.3. The van der Waals surface area contributed by atoms with Crippen molar-refractivity contribution < 1.29 is 14.3 Å². The molecular weight excluding hydrogens is 366 g/mol. The van der Waals surface area contributed by atoms with Gasteiger partial charge in [0, 0.05) is 23.7 Å². The van der Waals surface area contributed by atoms with Crippen molar-refractivity contribution in [3.63, 3.8) is 0 Å². The third kappa shape index (κ3) is 4.43. The Morgan fingerprint density at radius 3 is 2.72 bits per heavy atom. The summed E-state index contributed by atoms with van der Waals surface area (Å²) in [6.07, 6.45) is 4.29. The third-order valence-corrected chi connectivity index (χ3v) is 5.86. The highest BCUT2D eigenvalue weighted by Gasteiger charge is 2.29. The number of carbonyl (C=O) groups excluding carboxylic acids is 2. The molecule has 1 aliphatic heterocycles. The summed E-state index contributed by atoms with van der Waals surface area (Å²) in [5, 5.41) is 6.00. The molecule has 1 fully saturated rings. The molecule has 0 aromatic heterocycles. The fraction of sp³-hybridized carbons (Fsp3) is 0.391. The van der Waals surface area contributed by atoms with E-state index in [0.717, 1.165) is 30.6 Å². The van der Waals surface area contributed by atoms with Gasteiger partial charge in [0.15, 0.2) is 6.10 Å². The van der Waals surface area contributed by atoms with Gasteiger partial charge in [0.25, 0.3) is 11.8 Å². The van der Waals surface area contributed by atoms with E-state index in [2.05, 4.69) is 10.6 Å². The minimum atomic E-state index is -0.558. The fourth-order valence-electron chi connectivity index (χ4n) is 4.22. The smallest absolute Gasteiger partial charge is 0.265 e. The highest BCUT2D eigenvalue weighted by Crippen LogP contribution is 2.29. The highest BCUT2D eigenvalue weighted by molar-refractivity contribution is 5.98. The number of carbonyl (C=O) groups is 2. The molecule has 1 aliphatic carbocycles. The second-order valence-electron chi connectivity index (χ2n) is 7.85. The summed E-state index contributed by atoms with van der Waals surface area (Å²) < 4.78 is 5.74. The summed E-state index contributed by atoms with van der Waals surface area (Å²) in [6, 6.07) is 14.8. The number of nitrogens with two attached hydrogens (primary N) is 1. The number of anilines is 1. The van der Waals surface area contributed by atoms with Crippen LogP contribution in [0.4, 0.5) is 5.69 Å². The van der Waals surface area contributed by atoms with E-state index >= 15 is 0 Å². The SMILES string of the molecule is NCC1CCCCC1NC(=O)c1cccc(NC(=O)C2Cc3ccccc3O2)c1. The van der Waals surface area contributed by atoms with E-state index in [4.69, 9.17) is 10.5 Å². The summed E-state index contributed by atoms with van der Waals surface area (Å²) in [5.41, 5.74) is 8.01. The van der Waals surface area contributed by atoms with Crippen LogP contribution >= 0.6 is 0 Å². The molecular formula is C23H27N3O3. The largest absolute Gasteiger partial charge is 0.480 e. The molecule has 2 aliphatic rings. The Balaban J connectivity index is 1.38. The van der Waals surface area contributed by atoms with Crippen molar-refractivity contribution in [2.24, 2.45) is 11.7 Å². The monoisotopic (exact) mass is 393 g/mol. The molecule has 29 heavy (non-hydrogen) atoms. The van der Waals surface area contributed by atoms with Crippen molar-refractivity contribution in [2.45, 2.75) is 44.2 Å². The molecule has 2 amide bonds. The highest BCUT2D eigenvalue weighted by atomic mass is 16.5. The number of hydrogen-bond acceptors (Lipinski definition) is 4. The Morgan fingerprint density at radius 1 is 1.07 bits per heavy atom. The average molecular weight is 393 g/mol. The molecule has 1 heterocycles. The van der Waals surface area contributed by atoms with Crippen LogP contribution in [0.5, 0.6) is 5.75 Å². The third-order valence-electron chi connectivity index (χ3n) is 5.86. The van der Waals surface area contributed by atoms with Gasteiger partial charge in [0.05, 0.1) is 0 Å².